The first-order valence-corrected chi connectivity index (χ1v) is 7.04. The number of pyridine rings is 1. The zero-order valence-corrected chi connectivity index (χ0v) is 12.5. The predicted octanol–water partition coefficient (Wildman–Crippen LogP) is 1.52. The van der Waals surface area contributed by atoms with Gasteiger partial charge in [0, 0.05) is 38.9 Å². The van der Waals surface area contributed by atoms with Gasteiger partial charge in [-0.25, -0.2) is 4.98 Å². The van der Waals surface area contributed by atoms with Crippen LogP contribution in [0.4, 0.5) is 5.82 Å². The molecule has 0 aromatic carbocycles. The molecule has 5 nitrogen and oxygen atoms in total. The van der Waals surface area contributed by atoms with Gasteiger partial charge in [0.25, 0.3) is 5.91 Å². The Hall–Kier alpha value is -1.62. The summed E-state index contributed by atoms with van der Waals surface area (Å²) in [5.41, 5.74) is 0.00691. The average Bonchev–Trinajstić information content (AvgIpc) is 2.59. The number of hydrogen-bond acceptors (Lipinski definition) is 4. The second kappa shape index (κ2) is 5.79. The van der Waals surface area contributed by atoms with E-state index in [1.807, 2.05) is 36.9 Å². The van der Waals surface area contributed by atoms with Crippen LogP contribution in [0.5, 0.6) is 0 Å². The van der Waals surface area contributed by atoms with Gasteiger partial charge in [-0.05, 0) is 38.3 Å². The number of amides is 1. The Morgan fingerprint density at radius 1 is 1.40 bits per heavy atom. The smallest absolute Gasteiger partial charge is 0.254 e. The van der Waals surface area contributed by atoms with Gasteiger partial charge in [-0.15, -0.1) is 0 Å². The summed E-state index contributed by atoms with van der Waals surface area (Å²) < 4.78 is 0. The lowest BCUT2D eigenvalue weighted by Crippen LogP contribution is -2.33. The van der Waals surface area contributed by atoms with Crippen LogP contribution in [0.3, 0.4) is 0 Å². The number of hydrogen-bond donors (Lipinski definition) is 1. The summed E-state index contributed by atoms with van der Waals surface area (Å²) in [5.74, 6) is 0.797. The molecule has 1 aliphatic heterocycles. The van der Waals surface area contributed by atoms with Crippen LogP contribution in [0.2, 0.25) is 0 Å². The molecule has 1 N–H and O–H groups in total. The van der Waals surface area contributed by atoms with Gasteiger partial charge in [-0.3, -0.25) is 4.79 Å². The van der Waals surface area contributed by atoms with Crippen LogP contribution in [-0.2, 0) is 0 Å². The highest BCUT2D eigenvalue weighted by molar-refractivity contribution is 5.94. The van der Waals surface area contributed by atoms with Crippen LogP contribution in [-0.4, -0.2) is 53.7 Å². The molecule has 1 aliphatic rings. The van der Waals surface area contributed by atoms with Gasteiger partial charge in [-0.1, -0.05) is 0 Å². The summed E-state index contributed by atoms with van der Waals surface area (Å²) in [7, 11) is 3.81. The number of rotatable bonds is 2. The SMILES string of the molecule is CN(C)c1cc(C(=O)N2CCCC(C)(O)CC2)ccn1. The monoisotopic (exact) mass is 277 g/mol. The normalized spacial score (nSPS) is 23.3. The molecular formula is C15H23N3O2. The van der Waals surface area contributed by atoms with Crippen LogP contribution >= 0.6 is 0 Å². The number of likely N-dealkylation sites (tertiary alicyclic amines) is 1. The Morgan fingerprint density at radius 2 is 2.15 bits per heavy atom. The molecule has 20 heavy (non-hydrogen) atoms. The van der Waals surface area contributed by atoms with Crippen molar-refractivity contribution in [1.29, 1.82) is 0 Å². The van der Waals surface area contributed by atoms with Crippen molar-refractivity contribution in [1.82, 2.24) is 9.88 Å². The third-order valence-electron chi connectivity index (χ3n) is 3.80. The summed E-state index contributed by atoms with van der Waals surface area (Å²) >= 11 is 0. The molecule has 0 saturated carbocycles. The van der Waals surface area contributed by atoms with Crippen molar-refractivity contribution in [2.24, 2.45) is 0 Å². The van der Waals surface area contributed by atoms with Crippen molar-refractivity contribution in [2.45, 2.75) is 31.8 Å². The van der Waals surface area contributed by atoms with Crippen LogP contribution in [0.25, 0.3) is 0 Å². The maximum atomic E-state index is 12.5. The molecule has 0 radical (unpaired) electrons. The maximum Gasteiger partial charge on any atom is 0.254 e. The average molecular weight is 277 g/mol. The topological polar surface area (TPSA) is 56.7 Å². The second-order valence-electron chi connectivity index (χ2n) is 5.94. The molecule has 0 spiro atoms. The number of aromatic nitrogens is 1. The Kier molecular flexibility index (Phi) is 4.28. The van der Waals surface area contributed by atoms with E-state index >= 15 is 0 Å². The molecule has 1 atom stereocenters. The Labute approximate surface area is 120 Å². The number of carbonyl (C=O) groups is 1. The third-order valence-corrected chi connectivity index (χ3v) is 3.80. The fourth-order valence-corrected chi connectivity index (χ4v) is 2.45. The lowest BCUT2D eigenvalue weighted by Gasteiger charge is -2.23. The molecule has 0 aliphatic carbocycles. The minimum atomic E-state index is -0.651. The van der Waals surface area contributed by atoms with Gasteiger partial charge in [0.2, 0.25) is 0 Å². The van der Waals surface area contributed by atoms with Crippen LogP contribution in [0.1, 0.15) is 36.5 Å². The Morgan fingerprint density at radius 3 is 2.85 bits per heavy atom. The van der Waals surface area contributed by atoms with Gasteiger partial charge < -0.3 is 14.9 Å². The fourth-order valence-electron chi connectivity index (χ4n) is 2.45. The van der Waals surface area contributed by atoms with Crippen molar-refractivity contribution >= 4 is 11.7 Å². The number of aliphatic hydroxyl groups is 1. The minimum absolute atomic E-state index is 0.0215. The molecular weight excluding hydrogens is 254 g/mol. The van der Waals surface area contributed by atoms with E-state index in [1.165, 1.54) is 0 Å². The number of nitrogens with zero attached hydrogens (tertiary/aromatic N) is 3. The lowest BCUT2D eigenvalue weighted by molar-refractivity contribution is 0.0438. The fraction of sp³-hybridized carbons (Fsp3) is 0.600. The van der Waals surface area contributed by atoms with Gasteiger partial charge in [0.1, 0.15) is 5.82 Å². The van der Waals surface area contributed by atoms with Crippen LogP contribution in [0, 0.1) is 0 Å². The van der Waals surface area contributed by atoms with Gasteiger partial charge >= 0.3 is 0 Å². The molecule has 110 valence electrons. The Bertz CT molecular complexity index is 486. The summed E-state index contributed by atoms with van der Waals surface area (Å²) in [6.07, 6.45) is 3.88. The maximum absolute atomic E-state index is 12.5. The largest absolute Gasteiger partial charge is 0.390 e. The van der Waals surface area contributed by atoms with E-state index in [0.717, 1.165) is 18.7 Å². The number of carbonyl (C=O) groups excluding carboxylic acids is 1. The highest BCUT2D eigenvalue weighted by Crippen LogP contribution is 2.22. The first-order valence-electron chi connectivity index (χ1n) is 7.04. The van der Waals surface area contributed by atoms with E-state index < -0.39 is 5.60 Å². The second-order valence-corrected chi connectivity index (χ2v) is 5.94. The van der Waals surface area contributed by atoms with E-state index in [9.17, 15) is 9.90 Å². The van der Waals surface area contributed by atoms with Crippen molar-refractivity contribution in [3.63, 3.8) is 0 Å². The van der Waals surface area contributed by atoms with E-state index in [0.29, 0.717) is 25.1 Å². The predicted molar refractivity (Wildman–Crippen MR) is 78.9 cm³/mol. The van der Waals surface area contributed by atoms with Crippen molar-refractivity contribution in [3.05, 3.63) is 23.9 Å². The summed E-state index contributed by atoms with van der Waals surface area (Å²) in [6, 6.07) is 3.56. The molecule has 2 heterocycles. The molecule has 5 heteroatoms. The van der Waals surface area contributed by atoms with Gasteiger partial charge in [0.15, 0.2) is 0 Å². The summed E-state index contributed by atoms with van der Waals surface area (Å²) in [5, 5.41) is 10.1. The molecule has 1 aromatic rings. The highest BCUT2D eigenvalue weighted by Gasteiger charge is 2.27. The third kappa shape index (κ3) is 3.48. The summed E-state index contributed by atoms with van der Waals surface area (Å²) in [6.45, 7) is 3.15. The molecule has 1 saturated heterocycles. The van der Waals surface area contributed by atoms with Crippen molar-refractivity contribution in [2.75, 3.05) is 32.1 Å². The number of anilines is 1. The first-order chi connectivity index (χ1) is 9.39. The minimum Gasteiger partial charge on any atom is -0.390 e. The van der Waals surface area contributed by atoms with Gasteiger partial charge in [0.05, 0.1) is 5.60 Å². The molecule has 0 bridgehead atoms. The Balaban J connectivity index is 2.13. The molecule has 1 aromatic heterocycles. The zero-order chi connectivity index (χ0) is 14.8. The van der Waals surface area contributed by atoms with Crippen molar-refractivity contribution < 1.29 is 9.90 Å². The lowest BCUT2D eigenvalue weighted by atomic mass is 9.98. The summed E-state index contributed by atoms with van der Waals surface area (Å²) in [4.78, 5) is 20.5. The van der Waals surface area contributed by atoms with E-state index in [1.54, 1.807) is 12.3 Å². The quantitative estimate of drug-likeness (QED) is 0.890. The zero-order valence-electron chi connectivity index (χ0n) is 12.5. The standard InChI is InChI=1S/C15H23N3O2/c1-15(20)6-4-9-18(10-7-15)14(19)12-5-8-16-13(11-12)17(2)3/h5,8,11,20H,4,6-7,9-10H2,1-3H3. The van der Waals surface area contributed by atoms with E-state index in [-0.39, 0.29) is 5.91 Å². The first kappa shape index (κ1) is 14.8. The van der Waals surface area contributed by atoms with Crippen LogP contribution in [0.15, 0.2) is 18.3 Å². The van der Waals surface area contributed by atoms with Gasteiger partial charge in [-0.2, -0.15) is 0 Å². The molecule has 1 unspecified atom stereocenters. The highest BCUT2D eigenvalue weighted by atomic mass is 16.3. The molecule has 2 rings (SSSR count). The van der Waals surface area contributed by atoms with E-state index in [2.05, 4.69) is 4.98 Å². The molecule has 1 amide bonds. The molecule has 1 fully saturated rings. The van der Waals surface area contributed by atoms with Crippen LogP contribution < -0.4 is 4.90 Å². The van der Waals surface area contributed by atoms with Crippen molar-refractivity contribution in [3.8, 4) is 0 Å². The van der Waals surface area contributed by atoms with E-state index in [4.69, 9.17) is 0 Å².